The van der Waals surface area contributed by atoms with Crippen LogP contribution in [0.5, 0.6) is 5.75 Å². The average Bonchev–Trinajstić information content (AvgIpc) is 2.50. The Bertz CT molecular complexity index is 600. The summed E-state index contributed by atoms with van der Waals surface area (Å²) in [6.07, 6.45) is 2.15. The summed E-state index contributed by atoms with van der Waals surface area (Å²) in [5.74, 6) is 0.828. The number of halogens is 1. The van der Waals surface area contributed by atoms with Gasteiger partial charge in [-0.2, -0.15) is 0 Å². The van der Waals surface area contributed by atoms with Gasteiger partial charge in [0.15, 0.2) is 0 Å². The van der Waals surface area contributed by atoms with Crippen molar-refractivity contribution >= 4 is 28.7 Å². The fourth-order valence-corrected chi connectivity index (χ4v) is 1.98. The van der Waals surface area contributed by atoms with E-state index in [1.54, 1.807) is 18.2 Å². The fraction of sp³-hybridized carbons (Fsp3) is 0.250. The van der Waals surface area contributed by atoms with Crippen LogP contribution in [-0.4, -0.2) is 6.61 Å². The summed E-state index contributed by atoms with van der Waals surface area (Å²) in [4.78, 5) is 10.8. The largest absolute Gasteiger partial charge is 0.494 e. The Kier molecular flexibility index (Phi) is 5.58. The van der Waals surface area contributed by atoms with E-state index in [4.69, 9.17) is 16.3 Å². The minimum Gasteiger partial charge on any atom is -0.494 e. The van der Waals surface area contributed by atoms with Gasteiger partial charge >= 0.3 is 0 Å². The molecule has 0 radical (unpaired) electrons. The number of hydrogen-bond acceptors (Lipinski definition) is 4. The number of ether oxygens (including phenoxy) is 1. The van der Waals surface area contributed by atoms with Crippen molar-refractivity contribution in [3.8, 4) is 5.75 Å². The number of nitrogens with one attached hydrogen (secondary N) is 1. The number of anilines is 2. The van der Waals surface area contributed by atoms with E-state index in [0.717, 1.165) is 30.9 Å². The molecular weight excluding hydrogens is 288 g/mol. The molecule has 2 rings (SSSR count). The van der Waals surface area contributed by atoms with Gasteiger partial charge < -0.3 is 10.1 Å². The molecule has 4 nitrogen and oxygen atoms in total. The van der Waals surface area contributed by atoms with Gasteiger partial charge in [0.2, 0.25) is 0 Å². The van der Waals surface area contributed by atoms with Crippen LogP contribution in [0.3, 0.4) is 0 Å². The summed E-state index contributed by atoms with van der Waals surface area (Å²) in [6.45, 7) is 2.84. The maximum Gasteiger partial charge on any atom is 0.131 e. The van der Waals surface area contributed by atoms with Crippen molar-refractivity contribution < 1.29 is 4.74 Å². The number of nitroso groups, excluding NO2 is 1. The van der Waals surface area contributed by atoms with Crippen molar-refractivity contribution in [1.82, 2.24) is 0 Å². The van der Waals surface area contributed by atoms with Crippen molar-refractivity contribution in [2.75, 3.05) is 11.9 Å². The predicted molar refractivity (Wildman–Crippen MR) is 87.0 cm³/mol. The first-order valence-electron chi connectivity index (χ1n) is 6.85. The zero-order valence-corrected chi connectivity index (χ0v) is 12.6. The van der Waals surface area contributed by atoms with Crippen LogP contribution < -0.4 is 10.1 Å². The molecule has 2 aromatic carbocycles. The van der Waals surface area contributed by atoms with E-state index < -0.39 is 0 Å². The lowest BCUT2D eigenvalue weighted by Gasteiger charge is -2.10. The second-order valence-electron chi connectivity index (χ2n) is 4.60. The first-order chi connectivity index (χ1) is 10.2. The first kappa shape index (κ1) is 15.3. The van der Waals surface area contributed by atoms with Crippen LogP contribution in [-0.2, 0) is 0 Å². The molecule has 0 aromatic heterocycles. The zero-order chi connectivity index (χ0) is 15.1. The van der Waals surface area contributed by atoms with Gasteiger partial charge in [0.05, 0.1) is 12.3 Å². The topological polar surface area (TPSA) is 50.7 Å². The molecule has 0 aliphatic rings. The monoisotopic (exact) mass is 304 g/mol. The lowest BCUT2D eigenvalue weighted by Crippen LogP contribution is -1.96. The summed E-state index contributed by atoms with van der Waals surface area (Å²) in [5.41, 5.74) is 1.74. The van der Waals surface area contributed by atoms with Crippen LogP contribution in [0, 0.1) is 4.91 Å². The second-order valence-corrected chi connectivity index (χ2v) is 5.04. The number of hydrogen-bond donors (Lipinski definition) is 1. The maximum absolute atomic E-state index is 10.8. The van der Waals surface area contributed by atoms with Gasteiger partial charge in [-0.3, -0.25) is 0 Å². The summed E-state index contributed by atoms with van der Waals surface area (Å²) >= 11 is 5.93. The van der Waals surface area contributed by atoms with Crippen LogP contribution in [0.4, 0.5) is 17.1 Å². The highest BCUT2D eigenvalue weighted by atomic mass is 35.5. The summed E-state index contributed by atoms with van der Waals surface area (Å²) in [5, 5.41) is 6.65. The molecule has 0 amide bonds. The number of rotatable bonds is 7. The van der Waals surface area contributed by atoms with E-state index in [9.17, 15) is 4.91 Å². The average molecular weight is 305 g/mol. The van der Waals surface area contributed by atoms with Crippen LogP contribution in [0.25, 0.3) is 0 Å². The van der Waals surface area contributed by atoms with E-state index in [2.05, 4.69) is 17.4 Å². The summed E-state index contributed by atoms with van der Waals surface area (Å²) in [6, 6.07) is 12.4. The van der Waals surface area contributed by atoms with Crippen molar-refractivity contribution in [3.63, 3.8) is 0 Å². The molecule has 1 N–H and O–H groups in total. The minimum atomic E-state index is 0.322. The van der Waals surface area contributed by atoms with Crippen molar-refractivity contribution in [3.05, 3.63) is 52.4 Å². The van der Waals surface area contributed by atoms with E-state index in [1.807, 2.05) is 24.3 Å². The molecule has 5 heteroatoms. The lowest BCUT2D eigenvalue weighted by atomic mass is 10.2. The SMILES string of the molecule is CCCCOc1ccc(Nc2cc(Cl)ccc2N=O)cc1. The molecule has 0 aliphatic heterocycles. The van der Waals surface area contributed by atoms with Crippen LogP contribution in [0.15, 0.2) is 47.6 Å². The van der Waals surface area contributed by atoms with Crippen LogP contribution in [0.2, 0.25) is 5.02 Å². The first-order valence-corrected chi connectivity index (χ1v) is 7.23. The van der Waals surface area contributed by atoms with Gasteiger partial charge in [-0.25, -0.2) is 0 Å². The van der Waals surface area contributed by atoms with E-state index in [-0.39, 0.29) is 0 Å². The van der Waals surface area contributed by atoms with Crippen molar-refractivity contribution in [2.45, 2.75) is 19.8 Å². The third-order valence-electron chi connectivity index (χ3n) is 2.96. The minimum absolute atomic E-state index is 0.322. The molecule has 2 aromatic rings. The molecular formula is C16H17ClN2O2. The van der Waals surface area contributed by atoms with Crippen LogP contribution in [0.1, 0.15) is 19.8 Å². The van der Waals surface area contributed by atoms with Gasteiger partial charge in [0, 0.05) is 10.7 Å². The zero-order valence-electron chi connectivity index (χ0n) is 11.8. The van der Waals surface area contributed by atoms with Gasteiger partial charge in [-0.1, -0.05) is 24.9 Å². The molecule has 0 heterocycles. The molecule has 0 saturated heterocycles. The Morgan fingerprint density at radius 1 is 1.19 bits per heavy atom. The number of unbranched alkanes of at least 4 members (excludes halogenated alkanes) is 1. The van der Waals surface area contributed by atoms with Crippen LogP contribution >= 0.6 is 11.6 Å². The highest BCUT2D eigenvalue weighted by Crippen LogP contribution is 2.31. The third kappa shape index (κ3) is 4.46. The van der Waals surface area contributed by atoms with Gasteiger partial charge in [0.25, 0.3) is 0 Å². The smallest absolute Gasteiger partial charge is 0.131 e. The highest BCUT2D eigenvalue weighted by molar-refractivity contribution is 6.31. The van der Waals surface area contributed by atoms with E-state index in [0.29, 0.717) is 16.4 Å². The Morgan fingerprint density at radius 3 is 2.62 bits per heavy atom. The molecule has 0 atom stereocenters. The molecule has 0 saturated carbocycles. The van der Waals surface area contributed by atoms with Gasteiger partial charge in [-0.05, 0) is 54.1 Å². The Balaban J connectivity index is 2.06. The maximum atomic E-state index is 10.8. The molecule has 0 aliphatic carbocycles. The molecule has 21 heavy (non-hydrogen) atoms. The number of nitrogens with zero attached hydrogens (tertiary/aromatic N) is 1. The Labute approximate surface area is 129 Å². The summed E-state index contributed by atoms with van der Waals surface area (Å²) < 4.78 is 5.60. The normalized spacial score (nSPS) is 10.2. The highest BCUT2D eigenvalue weighted by Gasteiger charge is 2.04. The Morgan fingerprint density at radius 2 is 1.95 bits per heavy atom. The second kappa shape index (κ2) is 7.64. The Hall–Kier alpha value is -2.07. The quantitative estimate of drug-likeness (QED) is 0.530. The van der Waals surface area contributed by atoms with Gasteiger partial charge in [-0.15, -0.1) is 4.91 Å². The van der Waals surface area contributed by atoms with Crippen molar-refractivity contribution in [1.29, 1.82) is 0 Å². The van der Waals surface area contributed by atoms with E-state index >= 15 is 0 Å². The molecule has 110 valence electrons. The molecule has 0 bridgehead atoms. The lowest BCUT2D eigenvalue weighted by molar-refractivity contribution is 0.309. The summed E-state index contributed by atoms with van der Waals surface area (Å²) in [7, 11) is 0. The van der Waals surface area contributed by atoms with E-state index in [1.165, 1.54) is 0 Å². The fourth-order valence-electron chi connectivity index (χ4n) is 1.81. The number of benzene rings is 2. The standard InChI is InChI=1S/C16H17ClN2O2/c1-2-3-10-21-14-7-5-13(6-8-14)18-16-11-12(17)4-9-15(16)19-20/h4-9,11,18H,2-3,10H2,1H3. The third-order valence-corrected chi connectivity index (χ3v) is 3.19. The molecule has 0 fully saturated rings. The van der Waals surface area contributed by atoms with Gasteiger partial charge in [0.1, 0.15) is 11.4 Å². The predicted octanol–water partition coefficient (Wildman–Crippen LogP) is 5.66. The molecule has 0 spiro atoms. The molecule has 0 unspecified atom stereocenters. The van der Waals surface area contributed by atoms with Crippen molar-refractivity contribution in [2.24, 2.45) is 5.18 Å².